The van der Waals surface area contributed by atoms with E-state index in [9.17, 15) is 0 Å². The number of fused-ring (bicyclic) bond motifs is 1. The molecule has 0 radical (unpaired) electrons. The van der Waals surface area contributed by atoms with E-state index in [0.29, 0.717) is 23.5 Å². The van der Waals surface area contributed by atoms with Gasteiger partial charge in [-0.25, -0.2) is 0 Å². The summed E-state index contributed by atoms with van der Waals surface area (Å²) in [6.45, 7) is 0.355. The summed E-state index contributed by atoms with van der Waals surface area (Å²) in [5.74, 6) is 2.60. The second-order valence-electron chi connectivity index (χ2n) is 5.15. The molecule has 24 heavy (non-hydrogen) atoms. The molecule has 2 aromatic carbocycles. The van der Waals surface area contributed by atoms with Crippen LogP contribution in [0.1, 0.15) is 17.6 Å². The highest BCUT2D eigenvalue weighted by atomic mass is 79.9. The van der Waals surface area contributed by atoms with Crippen LogP contribution in [-0.2, 0) is 5.75 Å². The van der Waals surface area contributed by atoms with Crippen LogP contribution >= 0.6 is 27.7 Å². The lowest BCUT2D eigenvalue weighted by Crippen LogP contribution is -2.21. The van der Waals surface area contributed by atoms with Crippen LogP contribution in [0.25, 0.3) is 0 Å². The Bertz CT molecular complexity index is 855. The third-order valence-electron chi connectivity index (χ3n) is 3.52. The maximum Gasteiger partial charge on any atom is 0.277 e. The third kappa shape index (κ3) is 3.27. The molecule has 0 amide bonds. The molecule has 0 fully saturated rings. The van der Waals surface area contributed by atoms with Crippen molar-refractivity contribution in [3.8, 4) is 11.5 Å². The summed E-state index contributed by atoms with van der Waals surface area (Å²) in [5.41, 5.74) is 1.17. The Morgan fingerprint density at radius 3 is 2.71 bits per heavy atom. The highest BCUT2D eigenvalue weighted by Crippen LogP contribution is 2.36. The van der Waals surface area contributed by atoms with Crippen molar-refractivity contribution in [2.45, 2.75) is 17.1 Å². The smallest absolute Gasteiger partial charge is 0.277 e. The highest BCUT2D eigenvalue weighted by molar-refractivity contribution is 9.10. The summed E-state index contributed by atoms with van der Waals surface area (Å²) in [4.78, 5) is 0. The number of halogens is 1. The minimum atomic E-state index is -0.384. The zero-order chi connectivity index (χ0) is 16.4. The van der Waals surface area contributed by atoms with Crippen LogP contribution in [0.3, 0.4) is 0 Å². The number of nitrogens with zero attached hydrogens (tertiary/aromatic N) is 2. The van der Waals surface area contributed by atoms with Crippen LogP contribution in [0.2, 0.25) is 0 Å². The number of hydrogen-bond donors (Lipinski definition) is 0. The van der Waals surface area contributed by atoms with Gasteiger partial charge in [0.1, 0.15) is 6.61 Å². The van der Waals surface area contributed by atoms with Crippen molar-refractivity contribution in [3.63, 3.8) is 0 Å². The first-order chi connectivity index (χ1) is 11.8. The van der Waals surface area contributed by atoms with E-state index in [1.807, 2.05) is 42.5 Å². The fourth-order valence-corrected chi connectivity index (χ4v) is 3.69. The Morgan fingerprint density at radius 1 is 1.04 bits per heavy atom. The minimum Gasteiger partial charge on any atom is -0.485 e. The van der Waals surface area contributed by atoms with E-state index in [1.54, 1.807) is 0 Å². The first-order valence-corrected chi connectivity index (χ1v) is 9.15. The van der Waals surface area contributed by atoms with Gasteiger partial charge in [0.25, 0.3) is 11.1 Å². The number of ether oxygens (including phenoxy) is 2. The van der Waals surface area contributed by atoms with Gasteiger partial charge in [0.15, 0.2) is 11.5 Å². The number of para-hydroxylation sites is 2. The van der Waals surface area contributed by atoms with Crippen LogP contribution in [-0.4, -0.2) is 16.8 Å². The topological polar surface area (TPSA) is 57.4 Å². The lowest BCUT2D eigenvalue weighted by molar-refractivity contribution is 0.0686. The average Bonchev–Trinajstić information content (AvgIpc) is 3.10. The van der Waals surface area contributed by atoms with Gasteiger partial charge in [-0.2, -0.15) is 0 Å². The van der Waals surface area contributed by atoms with Crippen LogP contribution in [0, 0.1) is 0 Å². The normalized spacial score (nSPS) is 16.1. The molecule has 0 saturated carbocycles. The molecule has 1 atom stereocenters. The standard InChI is InChI=1S/C17H13BrN2O3S/c18-12-6-2-1-5-11(12)10-24-17-20-19-16(23-17)15-9-21-13-7-3-4-8-14(13)22-15/h1-8,15H,9-10H2. The Labute approximate surface area is 151 Å². The van der Waals surface area contributed by atoms with Gasteiger partial charge in [0, 0.05) is 10.2 Å². The van der Waals surface area contributed by atoms with Crippen molar-refractivity contribution in [1.82, 2.24) is 10.2 Å². The molecule has 4 rings (SSSR count). The Balaban J connectivity index is 1.43. The average molecular weight is 405 g/mol. The molecule has 0 aliphatic carbocycles. The first kappa shape index (κ1) is 15.5. The van der Waals surface area contributed by atoms with Crippen molar-refractivity contribution in [2.24, 2.45) is 0 Å². The van der Waals surface area contributed by atoms with Gasteiger partial charge in [-0.15, -0.1) is 10.2 Å². The number of benzene rings is 2. The summed E-state index contributed by atoms with van der Waals surface area (Å²) >= 11 is 5.03. The molecule has 1 aliphatic heterocycles. The van der Waals surface area contributed by atoms with Crippen molar-refractivity contribution >= 4 is 27.7 Å². The summed E-state index contributed by atoms with van der Waals surface area (Å²) in [5, 5.41) is 8.70. The zero-order valence-electron chi connectivity index (χ0n) is 12.5. The molecule has 0 saturated heterocycles. The number of aromatic nitrogens is 2. The van der Waals surface area contributed by atoms with Gasteiger partial charge in [-0.05, 0) is 23.8 Å². The van der Waals surface area contributed by atoms with Gasteiger partial charge in [0.05, 0.1) is 0 Å². The van der Waals surface area contributed by atoms with E-state index in [4.69, 9.17) is 13.9 Å². The maximum absolute atomic E-state index is 5.88. The molecular weight excluding hydrogens is 392 g/mol. The van der Waals surface area contributed by atoms with E-state index in [-0.39, 0.29) is 6.10 Å². The summed E-state index contributed by atoms with van der Waals surface area (Å²) < 4.78 is 18.3. The predicted octanol–water partition coefficient (Wildman–Crippen LogP) is 4.64. The van der Waals surface area contributed by atoms with E-state index in [1.165, 1.54) is 17.3 Å². The minimum absolute atomic E-state index is 0.355. The van der Waals surface area contributed by atoms with E-state index < -0.39 is 0 Å². The molecule has 0 bridgehead atoms. The summed E-state index contributed by atoms with van der Waals surface area (Å²) in [6, 6.07) is 15.6. The fraction of sp³-hybridized carbons (Fsp3) is 0.176. The third-order valence-corrected chi connectivity index (χ3v) is 5.16. The van der Waals surface area contributed by atoms with Gasteiger partial charge < -0.3 is 13.9 Å². The van der Waals surface area contributed by atoms with Gasteiger partial charge >= 0.3 is 0 Å². The molecule has 3 aromatic rings. The van der Waals surface area contributed by atoms with Crippen molar-refractivity contribution in [1.29, 1.82) is 0 Å². The number of thioether (sulfide) groups is 1. The van der Waals surface area contributed by atoms with Gasteiger partial charge in [-0.3, -0.25) is 0 Å². The van der Waals surface area contributed by atoms with Crippen molar-refractivity contribution in [3.05, 3.63) is 64.5 Å². The van der Waals surface area contributed by atoms with Crippen LogP contribution in [0.15, 0.2) is 62.6 Å². The van der Waals surface area contributed by atoms with E-state index in [2.05, 4.69) is 32.2 Å². The van der Waals surface area contributed by atoms with Gasteiger partial charge in [0.2, 0.25) is 6.10 Å². The number of hydrogen-bond acceptors (Lipinski definition) is 6. The first-order valence-electron chi connectivity index (χ1n) is 7.38. The molecule has 0 N–H and O–H groups in total. The molecule has 1 aromatic heterocycles. The highest BCUT2D eigenvalue weighted by Gasteiger charge is 2.27. The van der Waals surface area contributed by atoms with E-state index in [0.717, 1.165) is 16.0 Å². The Kier molecular flexibility index (Phi) is 4.44. The van der Waals surface area contributed by atoms with Crippen LogP contribution < -0.4 is 9.47 Å². The van der Waals surface area contributed by atoms with Crippen LogP contribution in [0.4, 0.5) is 0 Å². The molecule has 1 unspecified atom stereocenters. The molecule has 0 spiro atoms. The fourth-order valence-electron chi connectivity index (χ4n) is 2.30. The SMILES string of the molecule is Brc1ccccc1CSc1nnc(C2COc3ccccc3O2)o1. The summed E-state index contributed by atoms with van der Waals surface area (Å²) in [7, 11) is 0. The van der Waals surface area contributed by atoms with Crippen molar-refractivity contribution in [2.75, 3.05) is 6.61 Å². The largest absolute Gasteiger partial charge is 0.485 e. The second-order valence-corrected chi connectivity index (χ2v) is 6.93. The van der Waals surface area contributed by atoms with E-state index >= 15 is 0 Å². The van der Waals surface area contributed by atoms with Crippen LogP contribution in [0.5, 0.6) is 11.5 Å². The lowest BCUT2D eigenvalue weighted by Gasteiger charge is -2.23. The second kappa shape index (κ2) is 6.86. The van der Waals surface area contributed by atoms with Crippen molar-refractivity contribution < 1.29 is 13.9 Å². The molecule has 5 nitrogen and oxygen atoms in total. The predicted molar refractivity (Wildman–Crippen MR) is 93.3 cm³/mol. The monoisotopic (exact) mass is 404 g/mol. The Morgan fingerprint density at radius 2 is 1.83 bits per heavy atom. The number of rotatable bonds is 4. The quantitative estimate of drug-likeness (QED) is 0.590. The molecule has 122 valence electrons. The Hall–Kier alpha value is -1.99. The maximum atomic E-state index is 5.88. The van der Waals surface area contributed by atoms with Gasteiger partial charge in [-0.1, -0.05) is 58.0 Å². The molecule has 2 heterocycles. The zero-order valence-corrected chi connectivity index (χ0v) is 14.9. The summed E-state index contributed by atoms with van der Waals surface area (Å²) in [6.07, 6.45) is -0.384. The molecular formula is C17H13BrN2O3S. The molecule has 7 heteroatoms. The molecule has 1 aliphatic rings. The lowest BCUT2D eigenvalue weighted by atomic mass is 10.2.